The van der Waals surface area contributed by atoms with Gasteiger partial charge in [0.2, 0.25) is 5.95 Å². The van der Waals surface area contributed by atoms with Gasteiger partial charge in [-0.1, -0.05) is 23.7 Å². The topological polar surface area (TPSA) is 115 Å². The molecule has 0 saturated heterocycles. The molecule has 0 amide bonds. The second-order valence-corrected chi connectivity index (χ2v) is 8.40. The molecule has 1 heterocycles. The van der Waals surface area contributed by atoms with Crippen LogP contribution in [0.1, 0.15) is 38.8 Å². The summed E-state index contributed by atoms with van der Waals surface area (Å²) in [4.78, 5) is 41.0. The molecule has 0 fully saturated rings. The van der Waals surface area contributed by atoms with E-state index in [1.165, 1.54) is 23.6 Å². The maximum absolute atomic E-state index is 14.5. The maximum atomic E-state index is 14.5. The van der Waals surface area contributed by atoms with Gasteiger partial charge in [-0.2, -0.15) is 4.98 Å². The van der Waals surface area contributed by atoms with Gasteiger partial charge in [-0.3, -0.25) is 9.36 Å². The lowest BCUT2D eigenvalue weighted by Crippen LogP contribution is -2.44. The van der Waals surface area contributed by atoms with E-state index in [1.807, 2.05) is 0 Å². The molecule has 1 atom stereocenters. The fourth-order valence-electron chi connectivity index (χ4n) is 3.30. The molecule has 0 unspecified atom stereocenters. The number of nitrogens with one attached hydrogen (secondary N) is 1. The lowest BCUT2D eigenvalue weighted by molar-refractivity contribution is -0.137. The Morgan fingerprint density at radius 3 is 2.44 bits per heavy atom. The monoisotopic (exact) mass is 490 g/mol. The van der Waals surface area contributed by atoms with Crippen molar-refractivity contribution in [3.8, 4) is 5.75 Å². The van der Waals surface area contributed by atoms with Crippen LogP contribution in [0, 0.1) is 5.82 Å². The molecule has 2 aromatic carbocycles. The first-order valence-electron chi connectivity index (χ1n) is 10.5. The molecule has 9 nitrogen and oxygen atoms in total. The number of carboxylic acids is 1. The number of carboxylic acid groups (broad SMARTS) is 1. The maximum Gasteiger partial charge on any atom is 0.355 e. The highest BCUT2D eigenvalue weighted by Gasteiger charge is 2.20. The number of benzene rings is 2. The molecular formula is C23H24ClFN4O5. The molecule has 1 aromatic heterocycles. The van der Waals surface area contributed by atoms with E-state index >= 15 is 0 Å². The van der Waals surface area contributed by atoms with Crippen molar-refractivity contribution in [1.82, 2.24) is 14.1 Å². The van der Waals surface area contributed by atoms with Crippen molar-refractivity contribution in [2.75, 3.05) is 5.32 Å². The van der Waals surface area contributed by atoms with Crippen LogP contribution in [-0.2, 0) is 11.3 Å². The molecule has 180 valence electrons. The Bertz CT molecular complexity index is 1300. The van der Waals surface area contributed by atoms with Gasteiger partial charge >= 0.3 is 17.3 Å². The number of aromatic nitrogens is 3. The van der Waals surface area contributed by atoms with Gasteiger partial charge < -0.3 is 15.2 Å². The first-order valence-corrected chi connectivity index (χ1v) is 10.9. The number of aliphatic carboxylic acids is 1. The molecular weight excluding hydrogens is 467 g/mol. The highest BCUT2D eigenvalue weighted by atomic mass is 35.5. The zero-order valence-electron chi connectivity index (χ0n) is 18.8. The molecule has 11 heteroatoms. The van der Waals surface area contributed by atoms with E-state index < -0.39 is 35.6 Å². The number of rotatable bonds is 9. The van der Waals surface area contributed by atoms with Crippen LogP contribution in [0.2, 0.25) is 5.02 Å². The Labute approximate surface area is 199 Å². The third kappa shape index (κ3) is 6.02. The van der Waals surface area contributed by atoms with Crippen molar-refractivity contribution in [3.05, 3.63) is 79.8 Å². The van der Waals surface area contributed by atoms with Gasteiger partial charge in [-0.05, 0) is 50.6 Å². The van der Waals surface area contributed by atoms with Crippen molar-refractivity contribution >= 4 is 29.2 Å². The summed E-state index contributed by atoms with van der Waals surface area (Å²) in [5.41, 5.74) is -0.763. The van der Waals surface area contributed by atoms with Gasteiger partial charge in [0.15, 0.2) is 11.6 Å². The number of halogens is 2. The lowest BCUT2D eigenvalue weighted by Gasteiger charge is -2.18. The molecule has 0 aliphatic rings. The van der Waals surface area contributed by atoms with Crippen molar-refractivity contribution in [2.24, 2.45) is 0 Å². The average Bonchev–Trinajstić information content (AvgIpc) is 2.73. The van der Waals surface area contributed by atoms with E-state index in [1.54, 1.807) is 38.1 Å². The SMILES string of the molecule is CC(C)Oc1ccc(Nc2nc(=O)n([C@H](C)CC(=O)O)c(=O)n2Cc2ccc(Cl)cc2)cc1F. The third-order valence-corrected chi connectivity index (χ3v) is 5.07. The number of hydrogen-bond donors (Lipinski definition) is 2. The zero-order valence-corrected chi connectivity index (χ0v) is 19.5. The van der Waals surface area contributed by atoms with Crippen molar-refractivity contribution in [2.45, 2.75) is 45.9 Å². The van der Waals surface area contributed by atoms with Gasteiger partial charge in [-0.15, -0.1) is 0 Å². The Hall–Kier alpha value is -3.66. The molecule has 2 N–H and O–H groups in total. The van der Waals surface area contributed by atoms with Crippen LogP contribution in [0.3, 0.4) is 0 Å². The minimum Gasteiger partial charge on any atom is -0.488 e. The summed E-state index contributed by atoms with van der Waals surface area (Å²) in [7, 11) is 0. The van der Waals surface area contributed by atoms with Crippen molar-refractivity contribution in [1.29, 1.82) is 0 Å². The number of nitrogens with zero attached hydrogens (tertiary/aromatic N) is 3. The number of hydrogen-bond acceptors (Lipinski definition) is 6. The molecule has 0 radical (unpaired) electrons. The standard InChI is InChI=1S/C23H24ClFN4O5/c1-13(2)34-19-9-8-17(11-18(19)25)26-21-27-22(32)29(14(3)10-20(30)31)23(33)28(21)12-15-4-6-16(24)7-5-15/h4-9,11,13-14H,10,12H2,1-3H3,(H,30,31)(H,26,27,32)/t14-/m1/s1. The van der Waals surface area contributed by atoms with Crippen LogP contribution < -0.4 is 21.4 Å². The Kier molecular flexibility index (Phi) is 7.72. The Morgan fingerprint density at radius 1 is 1.18 bits per heavy atom. The molecule has 34 heavy (non-hydrogen) atoms. The lowest BCUT2D eigenvalue weighted by atomic mass is 10.2. The van der Waals surface area contributed by atoms with Gasteiger partial charge in [-0.25, -0.2) is 18.5 Å². The third-order valence-electron chi connectivity index (χ3n) is 4.82. The summed E-state index contributed by atoms with van der Waals surface area (Å²) >= 11 is 5.94. The smallest absolute Gasteiger partial charge is 0.355 e. The quantitative estimate of drug-likeness (QED) is 0.468. The second-order valence-electron chi connectivity index (χ2n) is 7.97. The van der Waals surface area contributed by atoms with E-state index in [0.29, 0.717) is 10.6 Å². The van der Waals surface area contributed by atoms with Crippen LogP contribution in [0.4, 0.5) is 16.0 Å². The van der Waals surface area contributed by atoms with Crippen LogP contribution in [0.25, 0.3) is 0 Å². The summed E-state index contributed by atoms with van der Waals surface area (Å²) < 4.78 is 21.8. The molecule has 0 bridgehead atoms. The van der Waals surface area contributed by atoms with E-state index in [9.17, 15) is 18.8 Å². The first-order chi connectivity index (χ1) is 16.0. The summed E-state index contributed by atoms with van der Waals surface area (Å²) in [5, 5.41) is 12.4. The Balaban J connectivity index is 2.07. The molecule has 0 spiro atoms. The highest BCUT2D eigenvalue weighted by molar-refractivity contribution is 6.30. The normalized spacial score (nSPS) is 11.9. The van der Waals surface area contributed by atoms with Gasteiger partial charge in [0.05, 0.1) is 25.1 Å². The highest BCUT2D eigenvalue weighted by Crippen LogP contribution is 2.24. The van der Waals surface area contributed by atoms with Gasteiger partial charge in [0, 0.05) is 16.8 Å². The second kappa shape index (κ2) is 10.5. The minimum absolute atomic E-state index is 0.00241. The molecule has 3 rings (SSSR count). The largest absolute Gasteiger partial charge is 0.488 e. The van der Waals surface area contributed by atoms with Crippen LogP contribution in [0.15, 0.2) is 52.1 Å². The summed E-state index contributed by atoms with van der Waals surface area (Å²) in [6, 6.07) is 9.88. The predicted octanol–water partition coefficient (Wildman–Crippen LogP) is 3.81. The van der Waals surface area contributed by atoms with E-state index in [-0.39, 0.29) is 30.0 Å². The van der Waals surface area contributed by atoms with Crippen molar-refractivity contribution in [3.63, 3.8) is 0 Å². The van der Waals surface area contributed by atoms with E-state index in [2.05, 4.69) is 10.3 Å². The van der Waals surface area contributed by atoms with Crippen molar-refractivity contribution < 1.29 is 19.0 Å². The number of ether oxygens (including phenoxy) is 1. The first kappa shape index (κ1) is 25.0. The summed E-state index contributed by atoms with van der Waals surface area (Å²) in [5.74, 6) is -1.86. The fraction of sp³-hybridized carbons (Fsp3) is 0.304. The van der Waals surface area contributed by atoms with Crippen LogP contribution >= 0.6 is 11.6 Å². The number of anilines is 2. The van der Waals surface area contributed by atoms with Gasteiger partial charge in [0.1, 0.15) is 0 Å². The fourth-order valence-corrected chi connectivity index (χ4v) is 3.42. The van der Waals surface area contributed by atoms with E-state index in [0.717, 1.165) is 10.6 Å². The Morgan fingerprint density at radius 2 is 1.85 bits per heavy atom. The average molecular weight is 491 g/mol. The zero-order chi connectivity index (χ0) is 25.0. The number of carbonyl (C=O) groups is 1. The minimum atomic E-state index is -1.16. The predicted molar refractivity (Wildman–Crippen MR) is 126 cm³/mol. The summed E-state index contributed by atoms with van der Waals surface area (Å²) in [6.45, 7) is 4.99. The summed E-state index contributed by atoms with van der Waals surface area (Å²) in [6.07, 6.45) is -0.660. The van der Waals surface area contributed by atoms with Crippen LogP contribution in [0.5, 0.6) is 5.75 Å². The molecule has 0 aliphatic heterocycles. The van der Waals surface area contributed by atoms with Crippen LogP contribution in [-0.4, -0.2) is 31.3 Å². The molecule has 3 aromatic rings. The van der Waals surface area contributed by atoms with Gasteiger partial charge in [0.25, 0.3) is 0 Å². The van der Waals surface area contributed by atoms with E-state index in [4.69, 9.17) is 21.4 Å². The molecule has 0 saturated carbocycles. The molecule has 0 aliphatic carbocycles.